The summed E-state index contributed by atoms with van der Waals surface area (Å²) in [5, 5.41) is 20.3. The fraction of sp³-hybridized carbons (Fsp3) is 0.118. The number of nitrogens with zero attached hydrogens (tertiary/aromatic N) is 2. The van der Waals surface area contributed by atoms with Crippen molar-refractivity contribution in [1.82, 2.24) is 15.6 Å². The standard InChI is InChI=1S/C17H16N4O4/c1-10(11-5-6-14(22)16(8-11)24-2)18-21-17(23)13-9-12(19-20-13)15-4-3-7-25-15/h3-9,22H,1-2H3,(H,19,20)(H,21,23)/b18-10+. The molecule has 25 heavy (non-hydrogen) atoms. The second kappa shape index (κ2) is 6.91. The molecule has 0 aliphatic carbocycles. The van der Waals surface area contributed by atoms with Crippen molar-refractivity contribution in [3.63, 3.8) is 0 Å². The fourth-order valence-corrected chi connectivity index (χ4v) is 2.16. The van der Waals surface area contributed by atoms with Gasteiger partial charge in [0.15, 0.2) is 23.0 Å². The monoisotopic (exact) mass is 340 g/mol. The van der Waals surface area contributed by atoms with Crippen LogP contribution >= 0.6 is 0 Å². The van der Waals surface area contributed by atoms with Gasteiger partial charge in [-0.3, -0.25) is 9.89 Å². The SMILES string of the molecule is COc1cc(/C(C)=N/NC(=O)c2cc(-c3ccco3)[nH]n2)ccc1O. The van der Waals surface area contributed by atoms with Gasteiger partial charge < -0.3 is 14.3 Å². The van der Waals surface area contributed by atoms with Crippen LogP contribution in [-0.4, -0.2) is 34.0 Å². The number of hydrogen-bond donors (Lipinski definition) is 3. The smallest absolute Gasteiger partial charge is 0.291 e. The van der Waals surface area contributed by atoms with Crippen LogP contribution < -0.4 is 10.2 Å². The van der Waals surface area contributed by atoms with Gasteiger partial charge in [-0.15, -0.1) is 0 Å². The Hall–Kier alpha value is -3.55. The molecule has 8 heteroatoms. The lowest BCUT2D eigenvalue weighted by atomic mass is 10.1. The summed E-state index contributed by atoms with van der Waals surface area (Å²) >= 11 is 0. The third-order valence-corrected chi connectivity index (χ3v) is 3.52. The van der Waals surface area contributed by atoms with E-state index in [9.17, 15) is 9.90 Å². The highest BCUT2D eigenvalue weighted by Crippen LogP contribution is 2.26. The molecular formula is C17H16N4O4. The van der Waals surface area contributed by atoms with Crippen molar-refractivity contribution < 1.29 is 19.1 Å². The van der Waals surface area contributed by atoms with Crippen LogP contribution in [0.4, 0.5) is 0 Å². The highest BCUT2D eigenvalue weighted by Gasteiger charge is 2.12. The highest BCUT2D eigenvalue weighted by atomic mass is 16.5. The number of phenols is 1. The number of H-pyrrole nitrogens is 1. The van der Waals surface area contributed by atoms with Gasteiger partial charge in [-0.05, 0) is 37.3 Å². The minimum atomic E-state index is -0.459. The van der Waals surface area contributed by atoms with E-state index in [-0.39, 0.29) is 11.4 Å². The molecule has 0 spiro atoms. The van der Waals surface area contributed by atoms with E-state index in [1.54, 1.807) is 37.3 Å². The number of phenolic OH excluding ortho intramolecular Hbond substituents is 1. The van der Waals surface area contributed by atoms with Crippen LogP contribution in [0.5, 0.6) is 11.5 Å². The zero-order valence-electron chi connectivity index (χ0n) is 13.6. The molecule has 3 N–H and O–H groups in total. The molecular weight excluding hydrogens is 324 g/mol. The number of benzene rings is 1. The van der Waals surface area contributed by atoms with E-state index < -0.39 is 5.91 Å². The van der Waals surface area contributed by atoms with E-state index in [1.807, 2.05) is 0 Å². The lowest BCUT2D eigenvalue weighted by Crippen LogP contribution is -2.19. The lowest BCUT2D eigenvalue weighted by molar-refractivity contribution is 0.0950. The predicted octanol–water partition coefficient (Wildman–Crippen LogP) is 2.54. The lowest BCUT2D eigenvalue weighted by Gasteiger charge is -2.06. The van der Waals surface area contributed by atoms with Gasteiger partial charge >= 0.3 is 0 Å². The Morgan fingerprint density at radius 1 is 1.36 bits per heavy atom. The number of nitrogens with one attached hydrogen (secondary N) is 2. The van der Waals surface area contributed by atoms with Crippen molar-refractivity contribution in [1.29, 1.82) is 0 Å². The number of aromatic nitrogens is 2. The van der Waals surface area contributed by atoms with E-state index in [1.165, 1.54) is 19.4 Å². The van der Waals surface area contributed by atoms with Gasteiger partial charge in [0.2, 0.25) is 0 Å². The first kappa shape index (κ1) is 16.3. The Morgan fingerprint density at radius 2 is 2.20 bits per heavy atom. The molecule has 0 aliphatic heterocycles. The molecule has 3 rings (SSSR count). The number of amides is 1. The van der Waals surface area contributed by atoms with Crippen LogP contribution in [0.15, 0.2) is 52.2 Å². The number of aromatic amines is 1. The van der Waals surface area contributed by atoms with E-state index in [0.29, 0.717) is 28.5 Å². The fourth-order valence-electron chi connectivity index (χ4n) is 2.16. The predicted molar refractivity (Wildman–Crippen MR) is 90.6 cm³/mol. The van der Waals surface area contributed by atoms with Crippen molar-refractivity contribution >= 4 is 11.6 Å². The van der Waals surface area contributed by atoms with Crippen molar-refractivity contribution in [3.8, 4) is 23.0 Å². The van der Waals surface area contributed by atoms with E-state index >= 15 is 0 Å². The highest BCUT2D eigenvalue weighted by molar-refractivity contribution is 6.01. The van der Waals surface area contributed by atoms with Gasteiger partial charge in [-0.2, -0.15) is 10.2 Å². The molecule has 128 valence electrons. The van der Waals surface area contributed by atoms with Gasteiger partial charge in [0.1, 0.15) is 5.69 Å². The maximum absolute atomic E-state index is 12.1. The number of rotatable bonds is 5. The molecule has 3 aromatic rings. The number of methoxy groups -OCH3 is 1. The summed E-state index contributed by atoms with van der Waals surface area (Å²) in [6.45, 7) is 1.73. The van der Waals surface area contributed by atoms with Gasteiger partial charge in [0.25, 0.3) is 5.91 Å². The summed E-state index contributed by atoms with van der Waals surface area (Å²) < 4.78 is 10.3. The number of furan rings is 1. The zero-order valence-corrected chi connectivity index (χ0v) is 13.6. The van der Waals surface area contributed by atoms with Crippen LogP contribution in [0, 0.1) is 0 Å². The Balaban J connectivity index is 1.71. The zero-order chi connectivity index (χ0) is 17.8. The Morgan fingerprint density at radius 3 is 2.92 bits per heavy atom. The average Bonchev–Trinajstić information content (AvgIpc) is 3.30. The molecule has 0 atom stereocenters. The van der Waals surface area contributed by atoms with Crippen molar-refractivity contribution in [2.24, 2.45) is 5.10 Å². The Kier molecular flexibility index (Phi) is 4.51. The van der Waals surface area contributed by atoms with Gasteiger partial charge in [-0.1, -0.05) is 0 Å². The summed E-state index contributed by atoms with van der Waals surface area (Å²) in [5.74, 6) is 0.486. The average molecular weight is 340 g/mol. The number of carbonyl (C=O) groups is 1. The Labute approximate surface area is 143 Å². The first-order chi connectivity index (χ1) is 12.1. The molecule has 0 saturated heterocycles. The molecule has 0 aliphatic rings. The third kappa shape index (κ3) is 3.52. The number of aromatic hydroxyl groups is 1. The number of carbonyl (C=O) groups excluding carboxylic acids is 1. The largest absolute Gasteiger partial charge is 0.504 e. The minimum Gasteiger partial charge on any atom is -0.504 e. The summed E-state index contributed by atoms with van der Waals surface area (Å²) in [6, 6.07) is 9.88. The van der Waals surface area contributed by atoms with E-state index in [2.05, 4.69) is 20.7 Å². The normalized spacial score (nSPS) is 11.4. The number of ether oxygens (including phenoxy) is 1. The third-order valence-electron chi connectivity index (χ3n) is 3.52. The molecule has 0 fully saturated rings. The quantitative estimate of drug-likeness (QED) is 0.488. The molecule has 2 heterocycles. The summed E-state index contributed by atoms with van der Waals surface area (Å²) in [7, 11) is 1.46. The second-order valence-corrected chi connectivity index (χ2v) is 5.17. The summed E-state index contributed by atoms with van der Waals surface area (Å²) in [4.78, 5) is 12.1. The number of hydrazone groups is 1. The van der Waals surface area contributed by atoms with Gasteiger partial charge in [0.05, 0.1) is 19.1 Å². The van der Waals surface area contributed by atoms with Crippen LogP contribution in [0.3, 0.4) is 0 Å². The molecule has 0 saturated carbocycles. The first-order valence-corrected chi connectivity index (χ1v) is 7.40. The maximum Gasteiger partial charge on any atom is 0.291 e. The molecule has 8 nitrogen and oxygen atoms in total. The topological polar surface area (TPSA) is 113 Å². The summed E-state index contributed by atoms with van der Waals surface area (Å²) in [5.41, 5.74) is 4.47. The van der Waals surface area contributed by atoms with Crippen molar-refractivity contribution in [2.45, 2.75) is 6.92 Å². The molecule has 1 aromatic carbocycles. The molecule has 0 radical (unpaired) electrons. The van der Waals surface area contributed by atoms with E-state index in [4.69, 9.17) is 9.15 Å². The Bertz CT molecular complexity index is 913. The van der Waals surface area contributed by atoms with E-state index in [0.717, 1.165) is 0 Å². The van der Waals surface area contributed by atoms with Gasteiger partial charge in [-0.25, -0.2) is 5.43 Å². The van der Waals surface area contributed by atoms with Crippen LogP contribution in [0.2, 0.25) is 0 Å². The number of hydrogen-bond acceptors (Lipinski definition) is 6. The molecule has 0 unspecified atom stereocenters. The van der Waals surface area contributed by atoms with Crippen LogP contribution in [-0.2, 0) is 0 Å². The first-order valence-electron chi connectivity index (χ1n) is 7.40. The van der Waals surface area contributed by atoms with Gasteiger partial charge in [0, 0.05) is 11.6 Å². The second-order valence-electron chi connectivity index (χ2n) is 5.17. The molecule has 1 amide bonds. The molecule has 2 aromatic heterocycles. The van der Waals surface area contributed by atoms with Crippen LogP contribution in [0.25, 0.3) is 11.5 Å². The summed E-state index contributed by atoms with van der Waals surface area (Å²) in [6.07, 6.45) is 1.54. The van der Waals surface area contributed by atoms with Crippen molar-refractivity contribution in [3.05, 3.63) is 53.9 Å². The van der Waals surface area contributed by atoms with Crippen LogP contribution in [0.1, 0.15) is 23.0 Å². The minimum absolute atomic E-state index is 0.0325. The molecule has 0 bridgehead atoms. The maximum atomic E-state index is 12.1. The van der Waals surface area contributed by atoms with Crippen molar-refractivity contribution in [2.75, 3.05) is 7.11 Å².